The molecule has 5 heteroatoms. The first-order chi connectivity index (χ1) is 11.5. The van der Waals surface area contributed by atoms with Crippen molar-refractivity contribution in [1.29, 1.82) is 0 Å². The van der Waals surface area contributed by atoms with Gasteiger partial charge in [-0.1, -0.05) is 24.3 Å². The van der Waals surface area contributed by atoms with E-state index >= 15 is 0 Å². The summed E-state index contributed by atoms with van der Waals surface area (Å²) in [6.07, 6.45) is 0.264. The van der Waals surface area contributed by atoms with E-state index in [-0.39, 0.29) is 17.9 Å². The number of nitrogens with one attached hydrogen (secondary N) is 1. The van der Waals surface area contributed by atoms with Gasteiger partial charge in [0, 0.05) is 6.54 Å². The second kappa shape index (κ2) is 8.15. The second-order valence-electron chi connectivity index (χ2n) is 5.65. The number of carbonyl (C=O) groups excluding carboxylic acids is 1. The third-order valence-corrected chi connectivity index (χ3v) is 3.62. The minimum atomic E-state index is -0.964. The van der Waals surface area contributed by atoms with Crippen LogP contribution in [-0.4, -0.2) is 23.6 Å². The molecule has 2 rings (SSSR count). The first-order valence-electron chi connectivity index (χ1n) is 7.74. The number of aryl methyl sites for hydroxylation is 2. The van der Waals surface area contributed by atoms with E-state index in [1.807, 2.05) is 32.0 Å². The summed E-state index contributed by atoms with van der Waals surface area (Å²) in [4.78, 5) is 22.6. The predicted octanol–water partition coefficient (Wildman–Crippen LogP) is 3.09. The van der Waals surface area contributed by atoms with Gasteiger partial charge < -0.3 is 15.2 Å². The molecule has 1 amide bonds. The molecule has 0 heterocycles. The van der Waals surface area contributed by atoms with Crippen LogP contribution in [0.4, 0.5) is 0 Å². The monoisotopic (exact) mass is 327 g/mol. The molecule has 0 spiro atoms. The standard InChI is InChI=1S/C19H21NO4/c1-13-3-4-14(2)17(11-13)24-10-9-18(21)20-12-15-5-7-16(8-6-15)19(22)23/h3-8,11H,9-10,12H2,1-2H3,(H,20,21)(H,22,23). The van der Waals surface area contributed by atoms with E-state index in [9.17, 15) is 9.59 Å². The number of amides is 1. The van der Waals surface area contributed by atoms with Gasteiger partial charge in [-0.2, -0.15) is 0 Å². The van der Waals surface area contributed by atoms with Crippen molar-refractivity contribution < 1.29 is 19.4 Å². The Balaban J connectivity index is 1.75. The van der Waals surface area contributed by atoms with Crippen molar-refractivity contribution in [3.05, 3.63) is 64.7 Å². The summed E-state index contributed by atoms with van der Waals surface area (Å²) >= 11 is 0. The second-order valence-corrected chi connectivity index (χ2v) is 5.65. The van der Waals surface area contributed by atoms with Crippen LogP contribution in [0.2, 0.25) is 0 Å². The Kier molecular flexibility index (Phi) is 5.95. The summed E-state index contributed by atoms with van der Waals surface area (Å²) in [5, 5.41) is 11.6. The minimum absolute atomic E-state index is 0.109. The van der Waals surface area contributed by atoms with Gasteiger partial charge >= 0.3 is 5.97 Å². The number of rotatable bonds is 7. The number of ether oxygens (including phenoxy) is 1. The molecule has 0 aliphatic rings. The molecule has 5 nitrogen and oxygen atoms in total. The summed E-state index contributed by atoms with van der Waals surface area (Å²) in [5.74, 6) is -0.274. The molecule has 2 N–H and O–H groups in total. The smallest absolute Gasteiger partial charge is 0.335 e. The normalized spacial score (nSPS) is 10.2. The largest absolute Gasteiger partial charge is 0.493 e. The zero-order valence-corrected chi connectivity index (χ0v) is 13.8. The Morgan fingerprint density at radius 3 is 2.46 bits per heavy atom. The first-order valence-corrected chi connectivity index (χ1v) is 7.74. The van der Waals surface area contributed by atoms with Crippen molar-refractivity contribution >= 4 is 11.9 Å². The topological polar surface area (TPSA) is 75.6 Å². The number of benzene rings is 2. The van der Waals surface area contributed by atoms with Gasteiger partial charge in [0.05, 0.1) is 18.6 Å². The van der Waals surface area contributed by atoms with Crippen molar-refractivity contribution in [3.8, 4) is 5.75 Å². The Labute approximate surface area is 141 Å². The zero-order valence-electron chi connectivity index (χ0n) is 13.8. The van der Waals surface area contributed by atoms with Gasteiger partial charge in [0.15, 0.2) is 0 Å². The van der Waals surface area contributed by atoms with Crippen LogP contribution in [-0.2, 0) is 11.3 Å². The van der Waals surface area contributed by atoms with Gasteiger partial charge in [0.1, 0.15) is 5.75 Å². The fourth-order valence-electron chi connectivity index (χ4n) is 2.17. The van der Waals surface area contributed by atoms with E-state index in [0.717, 1.165) is 22.4 Å². The van der Waals surface area contributed by atoms with Crippen molar-refractivity contribution in [2.45, 2.75) is 26.8 Å². The highest BCUT2D eigenvalue weighted by Gasteiger charge is 2.05. The van der Waals surface area contributed by atoms with Crippen LogP contribution in [0.3, 0.4) is 0 Å². The number of carbonyl (C=O) groups is 2. The Hall–Kier alpha value is -2.82. The average Bonchev–Trinajstić information content (AvgIpc) is 2.56. The maximum absolute atomic E-state index is 11.8. The maximum Gasteiger partial charge on any atom is 0.335 e. The van der Waals surface area contributed by atoms with Gasteiger partial charge in [0.2, 0.25) is 5.91 Å². The van der Waals surface area contributed by atoms with Crippen LogP contribution in [0.15, 0.2) is 42.5 Å². The predicted molar refractivity (Wildman–Crippen MR) is 91.3 cm³/mol. The molecular formula is C19H21NO4. The maximum atomic E-state index is 11.8. The average molecular weight is 327 g/mol. The van der Waals surface area contributed by atoms with E-state index in [1.165, 1.54) is 12.1 Å². The van der Waals surface area contributed by atoms with Crippen LogP contribution in [0.25, 0.3) is 0 Å². The van der Waals surface area contributed by atoms with Crippen molar-refractivity contribution in [1.82, 2.24) is 5.32 Å². The molecule has 0 aliphatic carbocycles. The van der Waals surface area contributed by atoms with Gasteiger partial charge in [-0.3, -0.25) is 4.79 Å². The van der Waals surface area contributed by atoms with Crippen LogP contribution in [0, 0.1) is 13.8 Å². The van der Waals surface area contributed by atoms with Gasteiger partial charge in [-0.05, 0) is 48.7 Å². The fourth-order valence-corrected chi connectivity index (χ4v) is 2.17. The molecule has 0 saturated heterocycles. The van der Waals surface area contributed by atoms with Gasteiger partial charge in [-0.15, -0.1) is 0 Å². The summed E-state index contributed by atoms with van der Waals surface area (Å²) in [6.45, 7) is 4.64. The number of hydrogen-bond donors (Lipinski definition) is 2. The third kappa shape index (κ3) is 5.12. The summed E-state index contributed by atoms with van der Waals surface area (Å²) in [7, 11) is 0. The lowest BCUT2D eigenvalue weighted by Crippen LogP contribution is -2.24. The molecule has 0 atom stereocenters. The quantitative estimate of drug-likeness (QED) is 0.819. The lowest BCUT2D eigenvalue weighted by Gasteiger charge is -2.10. The molecule has 126 valence electrons. The first kappa shape index (κ1) is 17.5. The minimum Gasteiger partial charge on any atom is -0.493 e. The Morgan fingerprint density at radius 1 is 1.08 bits per heavy atom. The lowest BCUT2D eigenvalue weighted by molar-refractivity contribution is -0.121. The molecule has 2 aromatic rings. The number of carboxylic acid groups (broad SMARTS) is 1. The summed E-state index contributed by atoms with van der Waals surface area (Å²) in [5.41, 5.74) is 3.24. The van der Waals surface area contributed by atoms with Crippen LogP contribution >= 0.6 is 0 Å². The fraction of sp³-hybridized carbons (Fsp3) is 0.263. The number of hydrogen-bond acceptors (Lipinski definition) is 3. The molecule has 0 saturated carbocycles. The number of carboxylic acids is 1. The van der Waals surface area contributed by atoms with E-state index < -0.39 is 5.97 Å². The highest BCUT2D eigenvalue weighted by Crippen LogP contribution is 2.19. The van der Waals surface area contributed by atoms with Crippen molar-refractivity contribution in [2.75, 3.05) is 6.61 Å². The van der Waals surface area contributed by atoms with Crippen molar-refractivity contribution in [2.24, 2.45) is 0 Å². The molecule has 0 unspecified atom stereocenters. The van der Waals surface area contributed by atoms with E-state index in [2.05, 4.69) is 5.32 Å². The third-order valence-electron chi connectivity index (χ3n) is 3.62. The van der Waals surface area contributed by atoms with Crippen LogP contribution < -0.4 is 10.1 Å². The Morgan fingerprint density at radius 2 is 1.79 bits per heavy atom. The lowest BCUT2D eigenvalue weighted by atomic mass is 10.1. The molecule has 0 radical (unpaired) electrons. The molecule has 0 bridgehead atoms. The molecule has 24 heavy (non-hydrogen) atoms. The SMILES string of the molecule is Cc1ccc(C)c(OCCC(=O)NCc2ccc(C(=O)O)cc2)c1. The summed E-state index contributed by atoms with van der Waals surface area (Å²) in [6, 6.07) is 12.4. The zero-order chi connectivity index (χ0) is 17.5. The van der Waals surface area contributed by atoms with E-state index in [1.54, 1.807) is 12.1 Å². The summed E-state index contributed by atoms with van der Waals surface area (Å²) < 4.78 is 5.66. The highest BCUT2D eigenvalue weighted by atomic mass is 16.5. The molecule has 0 aliphatic heterocycles. The molecule has 2 aromatic carbocycles. The molecular weight excluding hydrogens is 306 g/mol. The van der Waals surface area contributed by atoms with Crippen LogP contribution in [0.1, 0.15) is 33.5 Å². The van der Waals surface area contributed by atoms with E-state index in [0.29, 0.717) is 13.2 Å². The molecule has 0 aromatic heterocycles. The number of aromatic carboxylic acids is 1. The Bertz CT molecular complexity index is 723. The van der Waals surface area contributed by atoms with Gasteiger partial charge in [0.25, 0.3) is 0 Å². The van der Waals surface area contributed by atoms with Crippen LogP contribution in [0.5, 0.6) is 5.75 Å². The van der Waals surface area contributed by atoms with Crippen molar-refractivity contribution in [3.63, 3.8) is 0 Å². The van der Waals surface area contributed by atoms with E-state index in [4.69, 9.17) is 9.84 Å². The highest BCUT2D eigenvalue weighted by molar-refractivity contribution is 5.87. The molecule has 0 fully saturated rings. The van der Waals surface area contributed by atoms with Gasteiger partial charge in [-0.25, -0.2) is 4.79 Å².